The Morgan fingerprint density at radius 3 is 2.33 bits per heavy atom. The molecule has 0 saturated carbocycles. The Balaban J connectivity index is 2.44. The molecular formula is C19H23N3O5. The quantitative estimate of drug-likeness (QED) is 0.748. The number of hydrogen-bond donors (Lipinski definition) is 0. The monoisotopic (exact) mass is 373 g/mol. The molecule has 0 spiro atoms. The Hall–Kier alpha value is -3.16. The maximum Gasteiger partial charge on any atom is 0.418 e. The van der Waals surface area contributed by atoms with Crippen molar-refractivity contribution in [2.75, 3.05) is 7.11 Å². The van der Waals surface area contributed by atoms with Crippen LogP contribution in [0.5, 0.6) is 0 Å². The molecule has 1 unspecified atom stereocenters. The van der Waals surface area contributed by atoms with E-state index >= 15 is 0 Å². The minimum Gasteiger partial charge on any atom is -0.467 e. The van der Waals surface area contributed by atoms with Crippen molar-refractivity contribution in [2.24, 2.45) is 0 Å². The van der Waals surface area contributed by atoms with Gasteiger partial charge >= 0.3 is 12.1 Å². The molecule has 0 radical (unpaired) electrons. The van der Waals surface area contributed by atoms with Crippen molar-refractivity contribution in [3.63, 3.8) is 0 Å². The molecule has 1 aromatic carbocycles. The van der Waals surface area contributed by atoms with Gasteiger partial charge in [0, 0.05) is 18.0 Å². The lowest BCUT2D eigenvalue weighted by atomic mass is 10.1. The molecule has 8 nitrogen and oxygen atoms in total. The van der Waals surface area contributed by atoms with E-state index < -0.39 is 29.6 Å². The van der Waals surface area contributed by atoms with Gasteiger partial charge in [0.15, 0.2) is 6.04 Å². The summed E-state index contributed by atoms with van der Waals surface area (Å²) in [7, 11) is 1.19. The Labute approximate surface area is 157 Å². The zero-order valence-corrected chi connectivity index (χ0v) is 15.8. The second-order valence-corrected chi connectivity index (χ2v) is 6.79. The van der Waals surface area contributed by atoms with Crippen LogP contribution < -0.4 is 0 Å². The van der Waals surface area contributed by atoms with Crippen LogP contribution in [0.25, 0.3) is 0 Å². The lowest BCUT2D eigenvalue weighted by Crippen LogP contribution is -2.52. The fourth-order valence-corrected chi connectivity index (χ4v) is 2.37. The molecule has 0 fully saturated rings. The maximum absolute atomic E-state index is 13.1. The van der Waals surface area contributed by atoms with E-state index in [2.05, 4.69) is 5.10 Å². The van der Waals surface area contributed by atoms with E-state index in [4.69, 9.17) is 9.47 Å². The molecule has 2 aromatic rings. The van der Waals surface area contributed by atoms with E-state index in [0.29, 0.717) is 0 Å². The minimum absolute atomic E-state index is 0.0580. The number of imide groups is 1. The molecule has 1 aromatic heterocycles. The van der Waals surface area contributed by atoms with Crippen LogP contribution in [-0.4, -0.2) is 51.4 Å². The van der Waals surface area contributed by atoms with Crippen molar-refractivity contribution >= 4 is 18.0 Å². The first kappa shape index (κ1) is 20.2. The Morgan fingerprint density at radius 2 is 1.81 bits per heavy atom. The van der Waals surface area contributed by atoms with Crippen molar-refractivity contribution in [1.29, 1.82) is 0 Å². The van der Waals surface area contributed by atoms with Crippen LogP contribution in [0.15, 0.2) is 48.8 Å². The zero-order chi connectivity index (χ0) is 20.0. The summed E-state index contributed by atoms with van der Waals surface area (Å²) in [4.78, 5) is 39.1. The van der Waals surface area contributed by atoms with Gasteiger partial charge in [0.25, 0.3) is 5.91 Å². The van der Waals surface area contributed by atoms with Gasteiger partial charge < -0.3 is 9.47 Å². The predicted molar refractivity (Wildman–Crippen MR) is 96.9 cm³/mol. The SMILES string of the molecule is COC(=O)C(Cn1cccn1)N(C(=O)OC(C)(C)C)C(=O)c1ccccc1. The minimum atomic E-state index is -1.24. The van der Waals surface area contributed by atoms with Crippen LogP contribution >= 0.6 is 0 Å². The number of amides is 2. The highest BCUT2D eigenvalue weighted by molar-refractivity contribution is 6.05. The molecule has 1 atom stereocenters. The number of nitrogens with zero attached hydrogens (tertiary/aromatic N) is 3. The molecule has 0 N–H and O–H groups in total. The third-order valence-electron chi connectivity index (χ3n) is 3.53. The number of rotatable bonds is 5. The van der Waals surface area contributed by atoms with Gasteiger partial charge in [0.2, 0.25) is 0 Å². The molecule has 144 valence electrons. The van der Waals surface area contributed by atoms with Gasteiger partial charge in [-0.2, -0.15) is 5.10 Å². The van der Waals surface area contributed by atoms with E-state index in [9.17, 15) is 14.4 Å². The second-order valence-electron chi connectivity index (χ2n) is 6.79. The van der Waals surface area contributed by atoms with E-state index in [1.165, 1.54) is 18.0 Å². The summed E-state index contributed by atoms with van der Waals surface area (Å²) >= 11 is 0. The summed E-state index contributed by atoms with van der Waals surface area (Å²) in [5.41, 5.74) is -0.601. The predicted octanol–water partition coefficient (Wildman–Crippen LogP) is 2.50. The van der Waals surface area contributed by atoms with Crippen LogP contribution in [0.4, 0.5) is 4.79 Å². The average molecular weight is 373 g/mol. The number of carbonyl (C=O) groups is 3. The zero-order valence-electron chi connectivity index (χ0n) is 15.8. The van der Waals surface area contributed by atoms with Crippen LogP contribution in [-0.2, 0) is 20.8 Å². The van der Waals surface area contributed by atoms with Crippen molar-refractivity contribution in [1.82, 2.24) is 14.7 Å². The topological polar surface area (TPSA) is 90.7 Å². The van der Waals surface area contributed by atoms with Gasteiger partial charge in [-0.1, -0.05) is 18.2 Å². The number of aromatic nitrogens is 2. The van der Waals surface area contributed by atoms with Crippen LogP contribution in [0.1, 0.15) is 31.1 Å². The molecule has 0 aliphatic heterocycles. The number of hydrogen-bond acceptors (Lipinski definition) is 6. The average Bonchev–Trinajstić information content (AvgIpc) is 3.12. The molecule has 2 rings (SSSR count). The van der Waals surface area contributed by atoms with Crippen molar-refractivity contribution in [3.8, 4) is 0 Å². The lowest BCUT2D eigenvalue weighted by molar-refractivity contribution is -0.146. The van der Waals surface area contributed by atoms with E-state index in [-0.39, 0.29) is 12.1 Å². The summed E-state index contributed by atoms with van der Waals surface area (Å²) < 4.78 is 11.6. The van der Waals surface area contributed by atoms with E-state index in [0.717, 1.165) is 4.90 Å². The molecule has 0 aliphatic rings. The molecule has 0 bridgehead atoms. The summed E-state index contributed by atoms with van der Waals surface area (Å²) in [6.07, 6.45) is 2.22. The maximum atomic E-state index is 13.1. The Kier molecular flexibility index (Phi) is 6.33. The molecular weight excluding hydrogens is 350 g/mol. The standard InChI is InChI=1S/C19H23N3O5/c1-19(2,3)27-18(25)22(16(23)14-9-6-5-7-10-14)15(17(24)26-4)13-21-12-8-11-20-21/h5-12,15H,13H2,1-4H3. The number of carbonyl (C=O) groups excluding carboxylic acids is 3. The van der Waals surface area contributed by atoms with Gasteiger partial charge in [-0.15, -0.1) is 0 Å². The van der Waals surface area contributed by atoms with Gasteiger partial charge in [-0.3, -0.25) is 9.48 Å². The first-order valence-electron chi connectivity index (χ1n) is 8.40. The van der Waals surface area contributed by atoms with Gasteiger partial charge in [0.1, 0.15) is 5.60 Å². The van der Waals surface area contributed by atoms with Crippen molar-refractivity contribution in [3.05, 3.63) is 54.4 Å². The summed E-state index contributed by atoms with van der Waals surface area (Å²) in [6.45, 7) is 4.97. The molecule has 0 saturated heterocycles. The highest BCUT2D eigenvalue weighted by atomic mass is 16.6. The van der Waals surface area contributed by atoms with Crippen LogP contribution in [0, 0.1) is 0 Å². The normalized spacial score (nSPS) is 12.1. The van der Waals surface area contributed by atoms with E-state index in [1.807, 2.05) is 0 Å². The third kappa shape index (κ3) is 5.40. The van der Waals surface area contributed by atoms with Gasteiger partial charge in [-0.25, -0.2) is 14.5 Å². The first-order chi connectivity index (χ1) is 12.7. The molecule has 1 heterocycles. The summed E-state index contributed by atoms with van der Waals surface area (Å²) in [5, 5.41) is 4.04. The summed E-state index contributed by atoms with van der Waals surface area (Å²) in [5.74, 6) is -1.41. The number of benzene rings is 1. The largest absolute Gasteiger partial charge is 0.467 e. The third-order valence-corrected chi connectivity index (χ3v) is 3.53. The number of esters is 1. The molecule has 27 heavy (non-hydrogen) atoms. The summed E-state index contributed by atoms with van der Waals surface area (Å²) in [6, 6.07) is 8.63. The Morgan fingerprint density at radius 1 is 1.15 bits per heavy atom. The van der Waals surface area contributed by atoms with Gasteiger partial charge in [-0.05, 0) is 39.0 Å². The van der Waals surface area contributed by atoms with Gasteiger partial charge in [0.05, 0.1) is 13.7 Å². The molecule has 8 heteroatoms. The lowest BCUT2D eigenvalue weighted by Gasteiger charge is -2.30. The highest BCUT2D eigenvalue weighted by Crippen LogP contribution is 2.17. The number of ether oxygens (including phenoxy) is 2. The smallest absolute Gasteiger partial charge is 0.418 e. The fourth-order valence-electron chi connectivity index (χ4n) is 2.37. The first-order valence-corrected chi connectivity index (χ1v) is 8.40. The molecule has 0 aliphatic carbocycles. The molecule has 2 amide bonds. The second kappa shape index (κ2) is 8.48. The van der Waals surface area contributed by atoms with Crippen molar-refractivity contribution in [2.45, 2.75) is 39.0 Å². The highest BCUT2D eigenvalue weighted by Gasteiger charge is 2.39. The fraction of sp³-hybridized carbons (Fsp3) is 0.368. The van der Waals surface area contributed by atoms with Crippen LogP contribution in [0.2, 0.25) is 0 Å². The van der Waals surface area contributed by atoms with Crippen LogP contribution in [0.3, 0.4) is 0 Å². The van der Waals surface area contributed by atoms with Crippen molar-refractivity contribution < 1.29 is 23.9 Å². The van der Waals surface area contributed by atoms with E-state index in [1.54, 1.807) is 63.4 Å². The Bertz CT molecular complexity index is 781. The number of methoxy groups -OCH3 is 1.